The van der Waals surface area contributed by atoms with Crippen LogP contribution in [0.5, 0.6) is 5.88 Å². The van der Waals surface area contributed by atoms with Crippen molar-refractivity contribution >= 4 is 44.6 Å². The van der Waals surface area contributed by atoms with Gasteiger partial charge in [-0.2, -0.15) is 0 Å². The van der Waals surface area contributed by atoms with Crippen LogP contribution < -0.4 is 20.1 Å². The summed E-state index contributed by atoms with van der Waals surface area (Å²) in [5.74, 6) is 0.200. The van der Waals surface area contributed by atoms with Crippen LogP contribution >= 0.6 is 23.2 Å². The fourth-order valence-electron chi connectivity index (χ4n) is 2.82. The van der Waals surface area contributed by atoms with Crippen LogP contribution in [0.3, 0.4) is 0 Å². The van der Waals surface area contributed by atoms with E-state index in [0.717, 1.165) is 5.69 Å². The van der Waals surface area contributed by atoms with Crippen LogP contribution in [-0.4, -0.2) is 39.6 Å². The monoisotopic (exact) mass is 480 g/mol. The first-order valence-corrected chi connectivity index (χ1v) is 11.7. The Morgan fingerprint density at radius 2 is 1.65 bits per heavy atom. The maximum Gasteiger partial charge on any atom is 0.264 e. The highest BCUT2D eigenvalue weighted by molar-refractivity contribution is 7.92. The number of rotatable bonds is 10. The van der Waals surface area contributed by atoms with Gasteiger partial charge < -0.3 is 15.8 Å². The van der Waals surface area contributed by atoms with E-state index < -0.39 is 10.0 Å². The number of ether oxygens (including phenoxy) is 1. The lowest BCUT2D eigenvalue weighted by molar-refractivity contribution is 0.321. The van der Waals surface area contributed by atoms with Crippen LogP contribution in [0.25, 0.3) is 0 Å². The lowest BCUT2D eigenvalue weighted by Gasteiger charge is -2.25. The molecule has 0 bridgehead atoms. The van der Waals surface area contributed by atoms with Crippen LogP contribution in [0, 0.1) is 0 Å². The maximum absolute atomic E-state index is 13.2. The van der Waals surface area contributed by atoms with Crippen molar-refractivity contribution in [1.82, 2.24) is 4.98 Å². The van der Waals surface area contributed by atoms with E-state index >= 15 is 0 Å². The third-order valence-corrected chi connectivity index (χ3v) is 6.60. The van der Waals surface area contributed by atoms with Gasteiger partial charge in [-0.15, -0.1) is 0 Å². The second-order valence-electron chi connectivity index (χ2n) is 6.43. The largest absolute Gasteiger partial charge is 0.474 e. The summed E-state index contributed by atoms with van der Waals surface area (Å²) in [6, 6.07) is 16.5. The molecule has 7 nitrogen and oxygen atoms in total. The molecule has 0 spiro atoms. The van der Waals surface area contributed by atoms with E-state index in [-0.39, 0.29) is 30.5 Å². The summed E-state index contributed by atoms with van der Waals surface area (Å²) in [7, 11) is -3.89. The van der Waals surface area contributed by atoms with E-state index in [9.17, 15) is 8.42 Å². The molecule has 0 saturated carbocycles. The van der Waals surface area contributed by atoms with Crippen molar-refractivity contribution in [2.24, 2.45) is 5.73 Å². The lowest BCUT2D eigenvalue weighted by Crippen LogP contribution is -2.36. The van der Waals surface area contributed by atoms with Crippen molar-refractivity contribution in [3.05, 3.63) is 76.9 Å². The van der Waals surface area contributed by atoms with Gasteiger partial charge in [0, 0.05) is 41.6 Å². The molecule has 0 atom stereocenters. The zero-order valence-electron chi connectivity index (χ0n) is 16.5. The van der Waals surface area contributed by atoms with E-state index in [1.807, 2.05) is 12.1 Å². The zero-order valence-corrected chi connectivity index (χ0v) is 18.9. The zero-order chi connectivity index (χ0) is 22.3. The van der Waals surface area contributed by atoms with E-state index in [0.29, 0.717) is 22.3 Å². The molecule has 1 heterocycles. The standard InChI is InChI=1S/C21H22Cl2N4O3S/c22-16-3-7-18(8-4-16)25-13-15-30-21-20(2-1-12-26-21)27(14-11-24)31(28,29)19-9-5-17(23)6-10-19/h1-10,12,25H,11,13-15,24H2. The Kier molecular flexibility index (Phi) is 7.97. The Morgan fingerprint density at radius 3 is 2.29 bits per heavy atom. The van der Waals surface area contributed by atoms with Crippen LogP contribution in [0.2, 0.25) is 10.0 Å². The van der Waals surface area contributed by atoms with Gasteiger partial charge in [0.2, 0.25) is 5.88 Å². The van der Waals surface area contributed by atoms with Crippen molar-refractivity contribution < 1.29 is 13.2 Å². The van der Waals surface area contributed by atoms with Gasteiger partial charge in [-0.05, 0) is 60.7 Å². The molecule has 0 fully saturated rings. The minimum atomic E-state index is -3.89. The van der Waals surface area contributed by atoms with Crippen molar-refractivity contribution in [2.45, 2.75) is 4.90 Å². The van der Waals surface area contributed by atoms with Crippen molar-refractivity contribution in [3.63, 3.8) is 0 Å². The summed E-state index contributed by atoms with van der Waals surface area (Å²) in [6.45, 7) is 0.942. The number of hydrogen-bond acceptors (Lipinski definition) is 6. The molecule has 3 N–H and O–H groups in total. The fourth-order valence-corrected chi connectivity index (χ4v) is 4.55. The summed E-state index contributed by atoms with van der Waals surface area (Å²) in [5, 5.41) is 4.30. The number of halogens is 2. The molecule has 0 unspecified atom stereocenters. The smallest absolute Gasteiger partial charge is 0.264 e. The SMILES string of the molecule is NCCN(c1cccnc1OCCNc1ccc(Cl)cc1)S(=O)(=O)c1ccc(Cl)cc1. The van der Waals surface area contributed by atoms with Crippen LogP contribution in [0.15, 0.2) is 71.8 Å². The van der Waals surface area contributed by atoms with Gasteiger partial charge in [-0.25, -0.2) is 13.4 Å². The molecule has 31 heavy (non-hydrogen) atoms. The molecule has 3 rings (SSSR count). The highest BCUT2D eigenvalue weighted by Gasteiger charge is 2.27. The van der Waals surface area contributed by atoms with E-state index in [1.54, 1.807) is 30.5 Å². The predicted molar refractivity (Wildman–Crippen MR) is 125 cm³/mol. The molecule has 0 saturated heterocycles. The van der Waals surface area contributed by atoms with Gasteiger partial charge >= 0.3 is 0 Å². The van der Waals surface area contributed by atoms with Gasteiger partial charge in [-0.3, -0.25) is 4.31 Å². The molecule has 1 aromatic heterocycles. The second-order valence-corrected chi connectivity index (χ2v) is 9.16. The molecule has 0 aliphatic rings. The molecule has 2 aromatic carbocycles. The summed E-state index contributed by atoms with van der Waals surface area (Å²) in [6.07, 6.45) is 1.54. The third kappa shape index (κ3) is 6.01. The molecule has 164 valence electrons. The van der Waals surface area contributed by atoms with Gasteiger partial charge in [0.15, 0.2) is 0 Å². The molecule has 0 radical (unpaired) electrons. The van der Waals surface area contributed by atoms with Gasteiger partial charge in [0.1, 0.15) is 12.3 Å². The normalized spacial score (nSPS) is 11.2. The van der Waals surface area contributed by atoms with Crippen LogP contribution in [0.4, 0.5) is 11.4 Å². The van der Waals surface area contributed by atoms with E-state index in [4.69, 9.17) is 33.7 Å². The minimum Gasteiger partial charge on any atom is -0.474 e. The number of anilines is 2. The summed E-state index contributed by atoms with van der Waals surface area (Å²) in [4.78, 5) is 4.33. The Bertz CT molecular complexity index is 1090. The lowest BCUT2D eigenvalue weighted by atomic mass is 10.3. The minimum absolute atomic E-state index is 0.0655. The van der Waals surface area contributed by atoms with Crippen LogP contribution in [-0.2, 0) is 10.0 Å². The number of nitrogens with one attached hydrogen (secondary N) is 1. The third-order valence-electron chi connectivity index (χ3n) is 4.27. The number of hydrogen-bond donors (Lipinski definition) is 2. The molecular formula is C21H22Cl2N4O3S. The van der Waals surface area contributed by atoms with Crippen molar-refractivity contribution in [3.8, 4) is 5.88 Å². The average molecular weight is 481 g/mol. The Hall–Kier alpha value is -2.52. The Labute approximate surface area is 191 Å². The predicted octanol–water partition coefficient (Wildman–Crippen LogP) is 4.03. The average Bonchev–Trinajstić information content (AvgIpc) is 2.77. The second kappa shape index (κ2) is 10.7. The number of nitrogens with zero attached hydrogens (tertiary/aromatic N) is 2. The first kappa shape index (κ1) is 23.1. The highest BCUT2D eigenvalue weighted by atomic mass is 35.5. The van der Waals surface area contributed by atoms with E-state index in [1.165, 1.54) is 28.6 Å². The van der Waals surface area contributed by atoms with Crippen molar-refractivity contribution in [1.29, 1.82) is 0 Å². The molecule has 10 heteroatoms. The number of benzene rings is 2. The van der Waals surface area contributed by atoms with Gasteiger partial charge in [0.05, 0.1) is 4.90 Å². The number of aromatic nitrogens is 1. The maximum atomic E-state index is 13.2. The van der Waals surface area contributed by atoms with Gasteiger partial charge in [-0.1, -0.05) is 23.2 Å². The first-order valence-electron chi connectivity index (χ1n) is 9.47. The Balaban J connectivity index is 1.76. The molecule has 3 aromatic rings. The van der Waals surface area contributed by atoms with E-state index in [2.05, 4.69) is 10.3 Å². The molecule has 0 amide bonds. The quantitative estimate of drug-likeness (QED) is 0.425. The van der Waals surface area contributed by atoms with Crippen molar-refractivity contribution in [2.75, 3.05) is 35.9 Å². The topological polar surface area (TPSA) is 97.5 Å². The Morgan fingerprint density at radius 1 is 1.00 bits per heavy atom. The summed E-state index contributed by atoms with van der Waals surface area (Å²) < 4.78 is 33.5. The summed E-state index contributed by atoms with van der Waals surface area (Å²) >= 11 is 11.8. The fraction of sp³-hybridized carbons (Fsp3) is 0.190. The number of pyridine rings is 1. The number of nitrogens with two attached hydrogens (primary N) is 1. The molecule has 0 aliphatic heterocycles. The highest BCUT2D eigenvalue weighted by Crippen LogP contribution is 2.30. The molecular weight excluding hydrogens is 459 g/mol. The summed E-state index contributed by atoms with van der Waals surface area (Å²) in [5.41, 5.74) is 6.91. The molecule has 0 aliphatic carbocycles. The first-order chi connectivity index (χ1) is 14.9. The number of sulfonamides is 1. The van der Waals surface area contributed by atoms with Gasteiger partial charge in [0.25, 0.3) is 10.0 Å². The van der Waals surface area contributed by atoms with Crippen LogP contribution in [0.1, 0.15) is 0 Å².